The van der Waals surface area contributed by atoms with E-state index in [1.165, 1.54) is 12.8 Å². The normalized spacial score (nSPS) is 19.6. The zero-order chi connectivity index (χ0) is 12.1. The van der Waals surface area contributed by atoms with E-state index < -0.39 is 5.60 Å². The zero-order valence-corrected chi connectivity index (χ0v) is 10.2. The van der Waals surface area contributed by atoms with Crippen molar-refractivity contribution in [3.63, 3.8) is 0 Å². The standard InChI is InChI=1S/C13H21N3O/c14-11-5-8-15-12(9-11)16-10-13(17)6-3-1-2-4-7-13/h5,8-9,17H,1-4,6-7,10H2,(H3,14,15,16). The Morgan fingerprint density at radius 3 is 2.65 bits per heavy atom. The number of pyridine rings is 1. The van der Waals surface area contributed by atoms with Gasteiger partial charge in [0.2, 0.25) is 0 Å². The molecule has 0 unspecified atom stereocenters. The maximum Gasteiger partial charge on any atom is 0.128 e. The van der Waals surface area contributed by atoms with Gasteiger partial charge in [0, 0.05) is 24.5 Å². The van der Waals surface area contributed by atoms with Crippen LogP contribution in [0.15, 0.2) is 18.3 Å². The molecule has 0 saturated heterocycles. The summed E-state index contributed by atoms with van der Waals surface area (Å²) in [5, 5.41) is 13.6. The minimum atomic E-state index is -0.581. The van der Waals surface area contributed by atoms with Crippen LogP contribution in [0.2, 0.25) is 0 Å². The summed E-state index contributed by atoms with van der Waals surface area (Å²) in [6.07, 6.45) is 8.13. The molecular formula is C13H21N3O. The average molecular weight is 235 g/mol. The summed E-state index contributed by atoms with van der Waals surface area (Å²) in [6, 6.07) is 3.55. The third-order valence-corrected chi connectivity index (χ3v) is 3.42. The van der Waals surface area contributed by atoms with E-state index in [0.717, 1.165) is 31.5 Å². The molecule has 4 N–H and O–H groups in total. The number of hydrogen-bond donors (Lipinski definition) is 3. The predicted octanol–water partition coefficient (Wildman–Crippen LogP) is 2.16. The molecule has 1 saturated carbocycles. The molecule has 1 aromatic rings. The maximum absolute atomic E-state index is 10.5. The summed E-state index contributed by atoms with van der Waals surface area (Å²) >= 11 is 0. The van der Waals surface area contributed by atoms with Gasteiger partial charge in [-0.1, -0.05) is 25.7 Å². The van der Waals surface area contributed by atoms with E-state index in [2.05, 4.69) is 10.3 Å². The monoisotopic (exact) mass is 235 g/mol. The lowest BCUT2D eigenvalue weighted by atomic mass is 9.94. The molecular weight excluding hydrogens is 214 g/mol. The van der Waals surface area contributed by atoms with Crippen molar-refractivity contribution in [3.8, 4) is 0 Å². The Kier molecular flexibility index (Phi) is 3.84. The molecule has 2 rings (SSSR count). The van der Waals surface area contributed by atoms with Crippen molar-refractivity contribution in [3.05, 3.63) is 18.3 Å². The van der Waals surface area contributed by atoms with Gasteiger partial charge >= 0.3 is 0 Å². The molecule has 1 aliphatic rings. The van der Waals surface area contributed by atoms with Gasteiger partial charge in [-0.3, -0.25) is 0 Å². The van der Waals surface area contributed by atoms with Gasteiger partial charge in [-0.25, -0.2) is 4.98 Å². The SMILES string of the molecule is Nc1ccnc(NCC2(O)CCCCCC2)c1. The molecule has 0 spiro atoms. The molecule has 0 radical (unpaired) electrons. The third kappa shape index (κ3) is 3.60. The summed E-state index contributed by atoms with van der Waals surface area (Å²) in [4.78, 5) is 4.18. The Bertz CT molecular complexity index is 359. The van der Waals surface area contributed by atoms with Crippen molar-refractivity contribution in [2.24, 2.45) is 0 Å². The van der Waals surface area contributed by atoms with Gasteiger partial charge < -0.3 is 16.2 Å². The summed E-state index contributed by atoms with van der Waals surface area (Å²) < 4.78 is 0. The van der Waals surface area contributed by atoms with Gasteiger partial charge in [0.25, 0.3) is 0 Å². The molecule has 1 aromatic heterocycles. The van der Waals surface area contributed by atoms with Crippen molar-refractivity contribution in [1.82, 2.24) is 4.98 Å². The fraction of sp³-hybridized carbons (Fsp3) is 0.615. The second-order valence-electron chi connectivity index (χ2n) is 4.97. The zero-order valence-electron chi connectivity index (χ0n) is 10.2. The topological polar surface area (TPSA) is 71.2 Å². The van der Waals surface area contributed by atoms with Crippen molar-refractivity contribution in [2.75, 3.05) is 17.6 Å². The molecule has 4 nitrogen and oxygen atoms in total. The number of rotatable bonds is 3. The highest BCUT2D eigenvalue weighted by atomic mass is 16.3. The minimum absolute atomic E-state index is 0.559. The van der Waals surface area contributed by atoms with Crippen LogP contribution in [0.5, 0.6) is 0 Å². The molecule has 0 aliphatic heterocycles. The van der Waals surface area contributed by atoms with Gasteiger partial charge in [-0.15, -0.1) is 0 Å². The molecule has 94 valence electrons. The number of aromatic nitrogens is 1. The molecule has 4 heteroatoms. The summed E-state index contributed by atoms with van der Waals surface area (Å²) in [6.45, 7) is 0.559. The van der Waals surface area contributed by atoms with Crippen LogP contribution in [0.1, 0.15) is 38.5 Å². The largest absolute Gasteiger partial charge is 0.399 e. The lowest BCUT2D eigenvalue weighted by molar-refractivity contribution is 0.0380. The van der Waals surface area contributed by atoms with Crippen molar-refractivity contribution in [1.29, 1.82) is 0 Å². The molecule has 1 aliphatic carbocycles. The lowest BCUT2D eigenvalue weighted by Gasteiger charge is -2.27. The van der Waals surface area contributed by atoms with Gasteiger partial charge in [0.1, 0.15) is 5.82 Å². The summed E-state index contributed by atoms with van der Waals surface area (Å²) in [5.74, 6) is 0.739. The van der Waals surface area contributed by atoms with E-state index in [1.807, 2.05) is 0 Å². The fourth-order valence-corrected chi connectivity index (χ4v) is 2.36. The number of anilines is 2. The van der Waals surface area contributed by atoms with Gasteiger partial charge in [0.05, 0.1) is 5.60 Å². The summed E-state index contributed by atoms with van der Waals surface area (Å²) in [7, 11) is 0. The molecule has 0 bridgehead atoms. The van der Waals surface area contributed by atoms with Gasteiger partial charge in [-0.05, 0) is 18.9 Å². The second-order valence-corrected chi connectivity index (χ2v) is 4.97. The summed E-state index contributed by atoms with van der Waals surface area (Å²) in [5.41, 5.74) is 5.79. The van der Waals surface area contributed by atoms with Crippen LogP contribution >= 0.6 is 0 Å². The average Bonchev–Trinajstić information content (AvgIpc) is 2.53. The number of nitrogens with zero attached hydrogens (tertiary/aromatic N) is 1. The van der Waals surface area contributed by atoms with Gasteiger partial charge in [-0.2, -0.15) is 0 Å². The van der Waals surface area contributed by atoms with Crippen molar-refractivity contribution < 1.29 is 5.11 Å². The van der Waals surface area contributed by atoms with Gasteiger partial charge in [0.15, 0.2) is 0 Å². The second kappa shape index (κ2) is 5.36. The number of nitrogens with two attached hydrogens (primary N) is 1. The van der Waals surface area contributed by atoms with Crippen LogP contribution in [0.4, 0.5) is 11.5 Å². The van der Waals surface area contributed by atoms with Crippen LogP contribution in [-0.4, -0.2) is 22.2 Å². The van der Waals surface area contributed by atoms with Crippen LogP contribution in [0, 0.1) is 0 Å². The minimum Gasteiger partial charge on any atom is -0.399 e. The van der Waals surface area contributed by atoms with Crippen molar-refractivity contribution >= 4 is 11.5 Å². The third-order valence-electron chi connectivity index (χ3n) is 3.42. The Morgan fingerprint density at radius 1 is 1.29 bits per heavy atom. The molecule has 1 fully saturated rings. The lowest BCUT2D eigenvalue weighted by Crippen LogP contribution is -2.36. The highest BCUT2D eigenvalue weighted by Gasteiger charge is 2.27. The van der Waals surface area contributed by atoms with E-state index in [1.54, 1.807) is 18.3 Å². The van der Waals surface area contributed by atoms with E-state index in [9.17, 15) is 5.11 Å². The number of nitrogen functional groups attached to an aromatic ring is 1. The van der Waals surface area contributed by atoms with E-state index in [0.29, 0.717) is 12.2 Å². The van der Waals surface area contributed by atoms with E-state index >= 15 is 0 Å². The predicted molar refractivity (Wildman–Crippen MR) is 69.8 cm³/mol. The number of nitrogens with one attached hydrogen (secondary N) is 1. The fourth-order valence-electron chi connectivity index (χ4n) is 2.36. The Morgan fingerprint density at radius 2 is 2.00 bits per heavy atom. The Hall–Kier alpha value is -1.29. The highest BCUT2D eigenvalue weighted by molar-refractivity contribution is 5.48. The first kappa shape index (κ1) is 12.2. The number of hydrogen-bond acceptors (Lipinski definition) is 4. The smallest absolute Gasteiger partial charge is 0.128 e. The first-order valence-electron chi connectivity index (χ1n) is 6.36. The molecule has 0 atom stereocenters. The van der Waals surface area contributed by atoms with Crippen LogP contribution in [0.3, 0.4) is 0 Å². The van der Waals surface area contributed by atoms with E-state index in [4.69, 9.17) is 5.73 Å². The quantitative estimate of drug-likeness (QED) is 0.702. The molecule has 17 heavy (non-hydrogen) atoms. The molecule has 0 amide bonds. The first-order chi connectivity index (χ1) is 8.18. The first-order valence-corrected chi connectivity index (χ1v) is 6.36. The maximum atomic E-state index is 10.5. The van der Waals surface area contributed by atoms with Crippen LogP contribution in [-0.2, 0) is 0 Å². The molecule has 1 heterocycles. The molecule has 0 aromatic carbocycles. The van der Waals surface area contributed by atoms with E-state index in [-0.39, 0.29) is 0 Å². The number of aliphatic hydroxyl groups is 1. The highest BCUT2D eigenvalue weighted by Crippen LogP contribution is 2.27. The van der Waals surface area contributed by atoms with Crippen molar-refractivity contribution in [2.45, 2.75) is 44.1 Å². The Labute approximate surface area is 102 Å². The Balaban J connectivity index is 1.92. The van der Waals surface area contributed by atoms with Crippen LogP contribution in [0.25, 0.3) is 0 Å². The van der Waals surface area contributed by atoms with Crippen LogP contribution < -0.4 is 11.1 Å².